The van der Waals surface area contributed by atoms with E-state index in [1.807, 2.05) is 18.2 Å². The van der Waals surface area contributed by atoms with E-state index >= 15 is 0 Å². The fourth-order valence-electron chi connectivity index (χ4n) is 1.70. The Kier molecular flexibility index (Phi) is 9.84. The van der Waals surface area contributed by atoms with E-state index in [0.29, 0.717) is 0 Å². The van der Waals surface area contributed by atoms with E-state index in [1.54, 1.807) is 0 Å². The van der Waals surface area contributed by atoms with E-state index in [1.165, 1.54) is 0 Å². The van der Waals surface area contributed by atoms with Crippen molar-refractivity contribution in [1.82, 2.24) is 0 Å². The van der Waals surface area contributed by atoms with Crippen molar-refractivity contribution in [3.63, 3.8) is 0 Å². The van der Waals surface area contributed by atoms with E-state index in [9.17, 15) is 0 Å². The normalized spacial score (nSPS) is 12.7. The van der Waals surface area contributed by atoms with Crippen molar-refractivity contribution < 1.29 is 51.3 Å². The van der Waals surface area contributed by atoms with Gasteiger partial charge >= 0.3 is 21.7 Å². The topological polar surface area (TPSA) is 9.23 Å². The van der Waals surface area contributed by atoms with Gasteiger partial charge in [-0.2, -0.15) is 17.7 Å². The predicted molar refractivity (Wildman–Crippen MR) is 67.2 cm³/mol. The molecule has 0 atom stereocenters. The number of rotatable bonds is 2. The maximum atomic E-state index is 5.95. The Labute approximate surface area is 143 Å². The number of benzene rings is 1. The Morgan fingerprint density at radius 3 is 2.26 bits per heavy atom. The second kappa shape index (κ2) is 8.86. The molecule has 0 fully saturated rings. The molecular formula is C15H17Cl2OTi. The third-order valence-corrected chi connectivity index (χ3v) is 2.29. The Balaban J connectivity index is 0. The molecule has 0 aromatic heterocycles. The maximum absolute atomic E-state index is 5.95. The predicted octanol–water partition coefficient (Wildman–Crippen LogP) is -1.98. The summed E-state index contributed by atoms with van der Waals surface area (Å²) in [6, 6.07) is 8.13. The van der Waals surface area contributed by atoms with Gasteiger partial charge in [0.1, 0.15) is 0 Å². The van der Waals surface area contributed by atoms with E-state index in [4.69, 9.17) is 4.74 Å². The Morgan fingerprint density at radius 2 is 1.74 bits per heavy atom. The standard InChI is InChI=1S/C15H17O.2ClH.Ti/c1-15(2,3)16-14-11-7-6-10-13(14)12-8-4-5-9-12;;;/h4,6-8,10-11H,5H2,1-3H3;2*1H;/q-1;;;+3/p-2. The first-order chi connectivity index (χ1) is 7.56. The quantitative estimate of drug-likeness (QED) is 0.451. The first kappa shape index (κ1) is 21.1. The van der Waals surface area contributed by atoms with Crippen LogP contribution in [0.15, 0.2) is 36.4 Å². The van der Waals surface area contributed by atoms with E-state index in [0.717, 1.165) is 23.3 Å². The molecule has 0 spiro atoms. The molecule has 0 saturated heterocycles. The number of hydrogen-bond donors (Lipinski definition) is 0. The van der Waals surface area contributed by atoms with Gasteiger partial charge in [0, 0.05) is 0 Å². The third kappa shape index (κ3) is 6.18. The van der Waals surface area contributed by atoms with Crippen LogP contribution in [0.25, 0.3) is 5.57 Å². The molecule has 0 aliphatic heterocycles. The van der Waals surface area contributed by atoms with Crippen molar-refractivity contribution >= 4 is 5.57 Å². The van der Waals surface area contributed by atoms with Crippen molar-refractivity contribution in [3.8, 4) is 5.75 Å². The van der Waals surface area contributed by atoms with E-state index < -0.39 is 0 Å². The molecule has 0 saturated carbocycles. The molecule has 19 heavy (non-hydrogen) atoms. The minimum Gasteiger partial charge on any atom is -1.00 e. The molecule has 1 aliphatic rings. The zero-order valence-corrected chi connectivity index (χ0v) is 14.4. The zero-order chi connectivity index (χ0) is 11.6. The molecule has 1 aromatic rings. The summed E-state index contributed by atoms with van der Waals surface area (Å²) in [5, 5.41) is 0. The molecule has 1 nitrogen and oxygen atoms in total. The van der Waals surface area contributed by atoms with Gasteiger partial charge in [0.2, 0.25) is 0 Å². The van der Waals surface area contributed by atoms with Crippen LogP contribution >= 0.6 is 0 Å². The Hall–Kier alpha value is -0.206. The molecule has 1 aromatic carbocycles. The molecule has 2 rings (SSSR count). The first-order valence-corrected chi connectivity index (χ1v) is 5.62. The van der Waals surface area contributed by atoms with Crippen LogP contribution in [-0.4, -0.2) is 5.60 Å². The van der Waals surface area contributed by atoms with Gasteiger partial charge in [-0.05, 0) is 26.8 Å². The number of halogens is 2. The van der Waals surface area contributed by atoms with E-state index in [-0.39, 0.29) is 52.1 Å². The third-order valence-electron chi connectivity index (χ3n) is 2.29. The van der Waals surface area contributed by atoms with Crippen LogP contribution in [-0.2, 0) is 21.7 Å². The van der Waals surface area contributed by atoms with Crippen LogP contribution in [0.2, 0.25) is 0 Å². The Morgan fingerprint density at radius 1 is 1.11 bits per heavy atom. The van der Waals surface area contributed by atoms with Crippen LogP contribution in [0.3, 0.4) is 0 Å². The molecular weight excluding hydrogens is 315 g/mol. The Bertz CT molecular complexity index is 448. The molecule has 0 bridgehead atoms. The first-order valence-electron chi connectivity index (χ1n) is 5.62. The summed E-state index contributed by atoms with van der Waals surface area (Å²) in [4.78, 5) is 0. The number of hydrogen-bond acceptors (Lipinski definition) is 1. The second-order valence-corrected chi connectivity index (χ2v) is 4.91. The molecule has 0 heterocycles. The van der Waals surface area contributed by atoms with E-state index in [2.05, 4.69) is 45.1 Å². The van der Waals surface area contributed by atoms with Crippen molar-refractivity contribution in [3.05, 3.63) is 48.1 Å². The van der Waals surface area contributed by atoms with Gasteiger partial charge in [0.15, 0.2) is 0 Å². The van der Waals surface area contributed by atoms with Gasteiger partial charge in [0.05, 0.1) is 11.4 Å². The minimum absolute atomic E-state index is 0. The molecule has 101 valence electrons. The van der Waals surface area contributed by atoms with Crippen LogP contribution in [0.4, 0.5) is 0 Å². The molecule has 0 amide bonds. The summed E-state index contributed by atoms with van der Waals surface area (Å²) in [6.07, 6.45) is 8.44. The maximum Gasteiger partial charge on any atom is 3.00 e. The molecule has 1 radical (unpaired) electrons. The summed E-state index contributed by atoms with van der Waals surface area (Å²) in [6.45, 7) is 6.19. The second-order valence-electron chi connectivity index (χ2n) is 4.91. The SMILES string of the molecule is CC(C)(C)Oc1ccccc1C1=[C-]CC=C1.[Cl-].[Cl-].[Ti+3]. The van der Waals surface area contributed by atoms with Crippen molar-refractivity contribution in [2.75, 3.05) is 0 Å². The van der Waals surface area contributed by atoms with Gasteiger partial charge in [-0.15, -0.1) is 12.1 Å². The fourth-order valence-corrected chi connectivity index (χ4v) is 1.70. The van der Waals surface area contributed by atoms with Crippen molar-refractivity contribution in [2.24, 2.45) is 0 Å². The van der Waals surface area contributed by atoms with Gasteiger partial charge in [0.25, 0.3) is 0 Å². The molecule has 4 heteroatoms. The average molecular weight is 332 g/mol. The van der Waals surface area contributed by atoms with Gasteiger partial charge in [-0.25, -0.2) is 0 Å². The summed E-state index contributed by atoms with van der Waals surface area (Å²) in [5.41, 5.74) is 2.10. The van der Waals surface area contributed by atoms with Crippen molar-refractivity contribution in [2.45, 2.75) is 32.8 Å². The minimum atomic E-state index is -0.168. The fraction of sp³-hybridized carbons (Fsp3) is 0.333. The summed E-state index contributed by atoms with van der Waals surface area (Å²) in [7, 11) is 0. The van der Waals surface area contributed by atoms with Crippen LogP contribution in [0.5, 0.6) is 5.75 Å². The van der Waals surface area contributed by atoms with Crippen molar-refractivity contribution in [1.29, 1.82) is 0 Å². The van der Waals surface area contributed by atoms with Gasteiger partial charge in [-0.3, -0.25) is 0 Å². The molecule has 0 unspecified atom stereocenters. The monoisotopic (exact) mass is 331 g/mol. The van der Waals surface area contributed by atoms with Gasteiger partial charge < -0.3 is 29.6 Å². The molecule has 0 N–H and O–H groups in total. The average Bonchev–Trinajstić information content (AvgIpc) is 2.69. The number of allylic oxidation sites excluding steroid dienone is 4. The largest absolute Gasteiger partial charge is 3.00 e. The summed E-state index contributed by atoms with van der Waals surface area (Å²) < 4.78 is 5.95. The number of para-hydroxylation sites is 1. The summed E-state index contributed by atoms with van der Waals surface area (Å²) in [5.74, 6) is 0.934. The zero-order valence-electron chi connectivity index (χ0n) is 11.3. The van der Waals surface area contributed by atoms with Crippen LogP contribution in [0.1, 0.15) is 32.8 Å². The smallest absolute Gasteiger partial charge is 1.00 e. The van der Waals surface area contributed by atoms with Gasteiger partial charge in [-0.1, -0.05) is 24.1 Å². The van der Waals surface area contributed by atoms with Crippen LogP contribution < -0.4 is 29.6 Å². The van der Waals surface area contributed by atoms with Crippen LogP contribution in [0, 0.1) is 6.08 Å². The summed E-state index contributed by atoms with van der Waals surface area (Å²) >= 11 is 0. The number of ether oxygens (including phenoxy) is 1. The molecule has 1 aliphatic carbocycles.